The van der Waals surface area contributed by atoms with E-state index in [1.807, 2.05) is 0 Å². The highest BCUT2D eigenvalue weighted by molar-refractivity contribution is 7.74. The number of hydrogen-bond acceptors (Lipinski definition) is 6. The third kappa shape index (κ3) is 4.86. The Morgan fingerprint density at radius 3 is 2.80 bits per heavy atom. The first kappa shape index (κ1) is 12.1. The Balaban J connectivity index is 2.33. The zero-order valence-corrected chi connectivity index (χ0v) is 8.73. The second-order valence-electron chi connectivity index (χ2n) is 2.26. The van der Waals surface area contributed by atoms with Crippen LogP contribution in [-0.2, 0) is 31.3 Å². The van der Waals surface area contributed by atoms with Crippen LogP contribution in [0.5, 0.6) is 0 Å². The van der Waals surface area contributed by atoms with Crippen LogP contribution in [0.4, 0.5) is 0 Å². The molecule has 0 saturated carbocycles. The summed E-state index contributed by atoms with van der Waals surface area (Å²) in [7, 11) is 0. The summed E-state index contributed by atoms with van der Waals surface area (Å²) in [5, 5.41) is 4.13. The second kappa shape index (κ2) is 5.79. The van der Waals surface area contributed by atoms with Crippen LogP contribution >= 0.6 is 0 Å². The zero-order valence-electron chi connectivity index (χ0n) is 7.10. The average Bonchev–Trinajstić information content (AvgIpc) is 2.50. The standard InChI is InChI=1S/C5H6N2O6S2/c8-14(9)12-6-3-5-1-2-7(4-5)13-15(10)11/h3,5H,4H2,(H,8,9)(H,10,11). The normalized spacial score (nSPS) is 23.6. The molecule has 3 unspecified atom stereocenters. The lowest BCUT2D eigenvalue weighted by Gasteiger charge is -2.09. The Bertz CT molecular complexity index is 360. The molecule has 15 heavy (non-hydrogen) atoms. The minimum Gasteiger partial charge on any atom is -0.282 e. The summed E-state index contributed by atoms with van der Waals surface area (Å²) in [6, 6.07) is 2.40. The molecule has 1 rings (SSSR count). The molecule has 84 valence electrons. The van der Waals surface area contributed by atoms with Crippen molar-refractivity contribution in [3.05, 3.63) is 0 Å². The van der Waals surface area contributed by atoms with Crippen LogP contribution in [-0.4, -0.2) is 35.3 Å². The molecule has 0 aliphatic carbocycles. The van der Waals surface area contributed by atoms with Crippen LogP contribution in [0.25, 0.3) is 0 Å². The summed E-state index contributed by atoms with van der Waals surface area (Å²) in [4.78, 5) is 0. The van der Waals surface area contributed by atoms with Gasteiger partial charge in [0.1, 0.15) is 0 Å². The smallest absolute Gasteiger partial charge is 0.282 e. The van der Waals surface area contributed by atoms with Crippen molar-refractivity contribution in [1.82, 2.24) is 5.06 Å². The average molecular weight is 254 g/mol. The predicted molar refractivity (Wildman–Crippen MR) is 50.2 cm³/mol. The fraction of sp³-hybridized carbons (Fsp3) is 0.400. The van der Waals surface area contributed by atoms with Gasteiger partial charge in [-0.25, -0.2) is 0 Å². The molecule has 1 heterocycles. The van der Waals surface area contributed by atoms with Gasteiger partial charge in [-0.2, -0.15) is 13.5 Å². The molecule has 1 aliphatic heterocycles. The maximum atomic E-state index is 10.2. The van der Waals surface area contributed by atoms with Gasteiger partial charge in [0.05, 0.1) is 18.7 Å². The maximum Gasteiger partial charge on any atom is 0.378 e. The van der Waals surface area contributed by atoms with Crippen molar-refractivity contribution in [3.8, 4) is 12.0 Å². The quantitative estimate of drug-likeness (QED) is 0.283. The summed E-state index contributed by atoms with van der Waals surface area (Å²) in [5.74, 6) is 2.19. The van der Waals surface area contributed by atoms with Gasteiger partial charge in [-0.15, -0.1) is 4.28 Å². The predicted octanol–water partition coefficient (Wildman–Crippen LogP) is -0.913. The van der Waals surface area contributed by atoms with Crippen molar-refractivity contribution in [2.45, 2.75) is 0 Å². The van der Waals surface area contributed by atoms with E-state index in [9.17, 15) is 8.42 Å². The monoisotopic (exact) mass is 254 g/mol. The minimum absolute atomic E-state index is 0.164. The van der Waals surface area contributed by atoms with Gasteiger partial charge in [0.25, 0.3) is 0 Å². The molecule has 2 N–H and O–H groups in total. The first-order chi connectivity index (χ1) is 7.08. The Morgan fingerprint density at radius 1 is 1.47 bits per heavy atom. The Hall–Kier alpha value is -0.990. The topological polar surface area (TPSA) is 109 Å². The molecular weight excluding hydrogens is 248 g/mol. The number of nitrogens with zero attached hydrogens (tertiary/aromatic N) is 2. The molecule has 0 fully saturated rings. The minimum atomic E-state index is -2.46. The maximum absolute atomic E-state index is 10.2. The molecule has 0 aromatic carbocycles. The zero-order chi connectivity index (χ0) is 11.3. The first-order valence-corrected chi connectivity index (χ1v) is 5.54. The highest BCUT2D eigenvalue weighted by Crippen LogP contribution is 2.05. The summed E-state index contributed by atoms with van der Waals surface area (Å²) in [6.45, 7) is 0.164. The van der Waals surface area contributed by atoms with Crippen LogP contribution in [0.2, 0.25) is 0 Å². The van der Waals surface area contributed by atoms with Crippen LogP contribution in [0.3, 0.4) is 0 Å². The first-order valence-electron chi connectivity index (χ1n) is 3.48. The summed E-state index contributed by atoms with van der Waals surface area (Å²) < 4.78 is 45.1. The van der Waals surface area contributed by atoms with E-state index in [2.05, 4.69) is 25.7 Å². The lowest BCUT2D eigenvalue weighted by atomic mass is 10.2. The Morgan fingerprint density at radius 2 is 2.20 bits per heavy atom. The van der Waals surface area contributed by atoms with Crippen LogP contribution < -0.4 is 0 Å². The van der Waals surface area contributed by atoms with Gasteiger partial charge in [0.15, 0.2) is 0 Å². The number of hydroxylamine groups is 2. The summed E-state index contributed by atoms with van der Waals surface area (Å²) in [5.41, 5.74) is 0. The van der Waals surface area contributed by atoms with E-state index in [4.69, 9.17) is 9.11 Å². The number of hydrogen-bond donors (Lipinski definition) is 2. The van der Waals surface area contributed by atoms with Crippen molar-refractivity contribution < 1.29 is 26.1 Å². The molecule has 0 amide bonds. The van der Waals surface area contributed by atoms with Gasteiger partial charge in [-0.1, -0.05) is 11.1 Å². The van der Waals surface area contributed by atoms with Crippen molar-refractivity contribution >= 4 is 28.9 Å². The third-order valence-electron chi connectivity index (χ3n) is 1.24. The fourth-order valence-electron chi connectivity index (χ4n) is 0.770. The van der Waals surface area contributed by atoms with E-state index in [-0.39, 0.29) is 6.54 Å². The molecule has 8 nitrogen and oxygen atoms in total. The van der Waals surface area contributed by atoms with Crippen LogP contribution in [0, 0.1) is 17.9 Å². The van der Waals surface area contributed by atoms with Crippen molar-refractivity contribution in [1.29, 1.82) is 0 Å². The lowest BCUT2D eigenvalue weighted by molar-refractivity contribution is 0.0158. The van der Waals surface area contributed by atoms with E-state index >= 15 is 0 Å². The van der Waals surface area contributed by atoms with Crippen molar-refractivity contribution in [2.75, 3.05) is 6.54 Å². The molecule has 0 aromatic rings. The summed E-state index contributed by atoms with van der Waals surface area (Å²) in [6.07, 6.45) is 1.19. The van der Waals surface area contributed by atoms with Crippen LogP contribution in [0.1, 0.15) is 0 Å². The molecule has 0 saturated heterocycles. The third-order valence-corrected chi connectivity index (χ3v) is 1.76. The van der Waals surface area contributed by atoms with Crippen molar-refractivity contribution in [2.24, 2.45) is 11.1 Å². The molecule has 0 spiro atoms. The van der Waals surface area contributed by atoms with Gasteiger partial charge in [-0.3, -0.25) is 13.4 Å². The van der Waals surface area contributed by atoms with E-state index in [1.54, 1.807) is 0 Å². The number of rotatable bonds is 5. The van der Waals surface area contributed by atoms with E-state index in [0.29, 0.717) is 0 Å². The van der Waals surface area contributed by atoms with Gasteiger partial charge in [-0.05, 0) is 0 Å². The molecule has 3 atom stereocenters. The van der Waals surface area contributed by atoms with Gasteiger partial charge >= 0.3 is 22.7 Å². The van der Waals surface area contributed by atoms with E-state index in [1.165, 1.54) is 6.21 Å². The highest BCUT2D eigenvalue weighted by atomic mass is 32.2. The Labute approximate surface area is 90.2 Å². The number of oxime groups is 1. The molecule has 0 bridgehead atoms. The van der Waals surface area contributed by atoms with Crippen LogP contribution in [0.15, 0.2) is 5.16 Å². The Kier molecular flexibility index (Phi) is 4.66. The van der Waals surface area contributed by atoms with Gasteiger partial charge in [0.2, 0.25) is 0 Å². The van der Waals surface area contributed by atoms with Crippen molar-refractivity contribution in [3.63, 3.8) is 0 Å². The summed E-state index contributed by atoms with van der Waals surface area (Å²) >= 11 is -4.89. The molecule has 1 aliphatic rings. The van der Waals surface area contributed by atoms with Gasteiger partial charge in [0, 0.05) is 6.04 Å². The molecule has 10 heteroatoms. The van der Waals surface area contributed by atoms with E-state index in [0.717, 1.165) is 5.06 Å². The molecule has 0 radical (unpaired) electrons. The fourth-order valence-corrected chi connectivity index (χ4v) is 1.15. The molecule has 0 aromatic heterocycles. The largest absolute Gasteiger partial charge is 0.378 e. The molecular formula is C5H6N2O6S2. The van der Waals surface area contributed by atoms with Gasteiger partial charge < -0.3 is 0 Å². The lowest BCUT2D eigenvalue weighted by Crippen LogP contribution is -2.21. The SMILES string of the molecule is O=S(O)ON=CC1C#CN(OS(=O)O)C1. The highest BCUT2D eigenvalue weighted by Gasteiger charge is 2.16. The second-order valence-corrected chi connectivity index (χ2v) is 3.43. The van der Waals surface area contributed by atoms with E-state index < -0.39 is 28.6 Å².